The number of nitrogens with zero attached hydrogens (tertiary/aromatic N) is 2. The van der Waals surface area contributed by atoms with Crippen molar-refractivity contribution in [2.24, 2.45) is 10.6 Å². The van der Waals surface area contributed by atoms with E-state index in [9.17, 15) is 10.0 Å². The first-order valence-corrected chi connectivity index (χ1v) is 9.09. The highest BCUT2D eigenvalue weighted by Crippen LogP contribution is 2.39. The minimum atomic E-state index is -0.0819. The van der Waals surface area contributed by atoms with Crippen LogP contribution in [0.15, 0.2) is 33.8 Å². The van der Waals surface area contributed by atoms with E-state index in [2.05, 4.69) is 31.1 Å². The van der Waals surface area contributed by atoms with Gasteiger partial charge in [0.1, 0.15) is 5.76 Å². The Morgan fingerprint density at radius 2 is 1.96 bits per heavy atom. The zero-order valence-electron chi connectivity index (χ0n) is 15.5. The molecule has 2 heterocycles. The Labute approximate surface area is 153 Å². The molecule has 0 bridgehead atoms. The zero-order chi connectivity index (χ0) is 18.5. The SMILES string of the molecule is Cc1c(C(=O)N2CCc3ccccc3C2)oc2c1/C(=N\O)CC(C)(C)C2. The maximum absolute atomic E-state index is 13.1. The van der Waals surface area contributed by atoms with E-state index in [1.165, 1.54) is 11.1 Å². The topological polar surface area (TPSA) is 66.0 Å². The van der Waals surface area contributed by atoms with Crippen molar-refractivity contribution in [1.29, 1.82) is 0 Å². The molecular weight excluding hydrogens is 328 g/mol. The molecule has 4 rings (SSSR count). The van der Waals surface area contributed by atoms with Gasteiger partial charge in [0.2, 0.25) is 0 Å². The van der Waals surface area contributed by atoms with Crippen LogP contribution in [-0.2, 0) is 19.4 Å². The highest BCUT2D eigenvalue weighted by molar-refractivity contribution is 6.06. The average molecular weight is 352 g/mol. The zero-order valence-corrected chi connectivity index (χ0v) is 15.5. The summed E-state index contributed by atoms with van der Waals surface area (Å²) in [6.07, 6.45) is 2.26. The van der Waals surface area contributed by atoms with Crippen molar-refractivity contribution in [1.82, 2.24) is 4.90 Å². The van der Waals surface area contributed by atoms with Gasteiger partial charge in [0, 0.05) is 30.6 Å². The van der Waals surface area contributed by atoms with Gasteiger partial charge in [-0.3, -0.25) is 4.79 Å². The summed E-state index contributed by atoms with van der Waals surface area (Å²) in [4.78, 5) is 15.0. The second-order valence-corrected chi connectivity index (χ2v) is 8.16. The normalized spacial score (nSPS) is 20.0. The van der Waals surface area contributed by atoms with Crippen molar-refractivity contribution >= 4 is 11.6 Å². The molecule has 2 aromatic rings. The molecule has 0 saturated heterocycles. The minimum Gasteiger partial charge on any atom is -0.455 e. The second kappa shape index (κ2) is 6.01. The van der Waals surface area contributed by atoms with Crippen LogP contribution >= 0.6 is 0 Å². The number of amides is 1. The first kappa shape index (κ1) is 16.9. The number of carbonyl (C=O) groups is 1. The van der Waals surface area contributed by atoms with Gasteiger partial charge >= 0.3 is 0 Å². The molecule has 0 saturated carbocycles. The van der Waals surface area contributed by atoms with E-state index < -0.39 is 0 Å². The van der Waals surface area contributed by atoms with Gasteiger partial charge in [0.15, 0.2) is 5.76 Å². The van der Waals surface area contributed by atoms with E-state index in [4.69, 9.17) is 4.42 Å². The predicted molar refractivity (Wildman–Crippen MR) is 98.8 cm³/mol. The van der Waals surface area contributed by atoms with Crippen molar-refractivity contribution in [3.05, 3.63) is 58.0 Å². The third kappa shape index (κ3) is 2.71. The Hall–Kier alpha value is -2.56. The van der Waals surface area contributed by atoms with Gasteiger partial charge in [-0.05, 0) is 36.3 Å². The molecule has 5 nitrogen and oxygen atoms in total. The van der Waals surface area contributed by atoms with Gasteiger partial charge in [-0.15, -0.1) is 0 Å². The summed E-state index contributed by atoms with van der Waals surface area (Å²) in [7, 11) is 0. The van der Waals surface area contributed by atoms with Crippen LogP contribution in [0.5, 0.6) is 0 Å². The molecule has 136 valence electrons. The molecule has 1 amide bonds. The van der Waals surface area contributed by atoms with E-state index in [-0.39, 0.29) is 11.3 Å². The number of furan rings is 1. The third-order valence-electron chi connectivity index (χ3n) is 5.53. The summed E-state index contributed by atoms with van der Waals surface area (Å²) < 4.78 is 6.02. The van der Waals surface area contributed by atoms with Gasteiger partial charge < -0.3 is 14.5 Å². The number of carbonyl (C=O) groups excluding carboxylic acids is 1. The smallest absolute Gasteiger partial charge is 0.290 e. The second-order valence-electron chi connectivity index (χ2n) is 8.16. The molecule has 1 aromatic heterocycles. The summed E-state index contributed by atoms with van der Waals surface area (Å²) in [5.41, 5.74) is 4.66. The van der Waals surface area contributed by atoms with Gasteiger partial charge in [0.25, 0.3) is 5.91 Å². The predicted octanol–water partition coefficient (Wildman–Crippen LogP) is 3.94. The van der Waals surface area contributed by atoms with Gasteiger partial charge in [-0.2, -0.15) is 0 Å². The van der Waals surface area contributed by atoms with Gasteiger partial charge in [0.05, 0.1) is 5.71 Å². The van der Waals surface area contributed by atoms with Crippen LogP contribution in [0.25, 0.3) is 0 Å². The fourth-order valence-corrected chi connectivity index (χ4v) is 4.22. The van der Waals surface area contributed by atoms with Crippen molar-refractivity contribution in [3.8, 4) is 0 Å². The molecule has 1 N–H and O–H groups in total. The fraction of sp³-hybridized carbons (Fsp3) is 0.429. The lowest BCUT2D eigenvalue weighted by atomic mass is 9.75. The van der Waals surface area contributed by atoms with Crippen LogP contribution < -0.4 is 0 Å². The van der Waals surface area contributed by atoms with Crippen LogP contribution in [0, 0.1) is 12.3 Å². The minimum absolute atomic E-state index is 0.0523. The monoisotopic (exact) mass is 352 g/mol. The van der Waals surface area contributed by atoms with Gasteiger partial charge in [-0.25, -0.2) is 0 Å². The molecule has 2 aliphatic rings. The van der Waals surface area contributed by atoms with Crippen molar-refractivity contribution in [3.63, 3.8) is 0 Å². The van der Waals surface area contributed by atoms with Crippen LogP contribution in [0.3, 0.4) is 0 Å². The van der Waals surface area contributed by atoms with Crippen molar-refractivity contribution in [2.45, 2.75) is 46.6 Å². The Bertz CT molecular complexity index is 908. The Morgan fingerprint density at radius 3 is 2.69 bits per heavy atom. The van der Waals surface area contributed by atoms with Crippen LogP contribution in [0.4, 0.5) is 0 Å². The summed E-state index contributed by atoms with van der Waals surface area (Å²) in [6, 6.07) is 8.25. The molecule has 26 heavy (non-hydrogen) atoms. The van der Waals surface area contributed by atoms with E-state index in [0.717, 1.165) is 29.7 Å². The van der Waals surface area contributed by atoms with Crippen LogP contribution in [0.1, 0.15) is 58.8 Å². The van der Waals surface area contributed by atoms with Gasteiger partial charge in [-0.1, -0.05) is 43.3 Å². The van der Waals surface area contributed by atoms with Crippen molar-refractivity contribution in [2.75, 3.05) is 6.54 Å². The first-order chi connectivity index (χ1) is 12.4. The summed E-state index contributed by atoms with van der Waals surface area (Å²) in [5, 5.41) is 12.9. The molecule has 1 aliphatic heterocycles. The lowest BCUT2D eigenvalue weighted by Crippen LogP contribution is -2.36. The van der Waals surface area contributed by atoms with E-state index in [0.29, 0.717) is 31.0 Å². The van der Waals surface area contributed by atoms with E-state index in [1.54, 1.807) is 0 Å². The Morgan fingerprint density at radius 1 is 1.23 bits per heavy atom. The number of oxime groups is 1. The molecule has 1 aliphatic carbocycles. The number of rotatable bonds is 1. The van der Waals surface area contributed by atoms with E-state index >= 15 is 0 Å². The molecule has 0 unspecified atom stereocenters. The molecule has 0 radical (unpaired) electrons. The molecule has 5 heteroatoms. The Kier molecular flexibility index (Phi) is 3.90. The average Bonchev–Trinajstić information content (AvgIpc) is 2.95. The summed E-state index contributed by atoms with van der Waals surface area (Å²) in [6.45, 7) is 7.40. The standard InChI is InChI=1S/C21H24N2O3/c1-13-18-16(22-25)10-21(2,3)11-17(18)26-19(13)20(24)23-9-8-14-6-4-5-7-15(14)12-23/h4-7,25H,8-12H2,1-3H3/b22-16-. The maximum atomic E-state index is 13.1. The number of benzene rings is 1. The highest BCUT2D eigenvalue weighted by Gasteiger charge is 2.37. The fourth-order valence-electron chi connectivity index (χ4n) is 4.22. The highest BCUT2D eigenvalue weighted by atomic mass is 16.4. The lowest BCUT2D eigenvalue weighted by Gasteiger charge is -2.28. The molecule has 1 aromatic carbocycles. The third-order valence-corrected chi connectivity index (χ3v) is 5.53. The summed E-state index contributed by atoms with van der Waals surface area (Å²) in [5.74, 6) is 1.06. The molecule has 0 atom stereocenters. The number of hydrogen-bond donors (Lipinski definition) is 1. The van der Waals surface area contributed by atoms with Crippen LogP contribution in [-0.4, -0.2) is 28.3 Å². The number of fused-ring (bicyclic) bond motifs is 2. The summed E-state index contributed by atoms with van der Waals surface area (Å²) >= 11 is 0. The van der Waals surface area contributed by atoms with Crippen molar-refractivity contribution < 1.29 is 14.4 Å². The molecule has 0 fully saturated rings. The largest absolute Gasteiger partial charge is 0.455 e. The quantitative estimate of drug-likeness (QED) is 0.624. The lowest BCUT2D eigenvalue weighted by molar-refractivity contribution is 0.0698. The Balaban J connectivity index is 1.68. The first-order valence-electron chi connectivity index (χ1n) is 9.09. The number of hydrogen-bond acceptors (Lipinski definition) is 4. The molecular formula is C21H24N2O3. The maximum Gasteiger partial charge on any atom is 0.290 e. The van der Waals surface area contributed by atoms with Crippen LogP contribution in [0.2, 0.25) is 0 Å². The molecule has 0 spiro atoms. The van der Waals surface area contributed by atoms with E-state index in [1.807, 2.05) is 24.0 Å².